The fourth-order valence-corrected chi connectivity index (χ4v) is 5.41. The molecule has 1 saturated heterocycles. The summed E-state index contributed by atoms with van der Waals surface area (Å²) in [5.41, 5.74) is 2.14. The molecule has 0 saturated carbocycles. The number of hydrogen-bond donors (Lipinski definition) is 2. The van der Waals surface area contributed by atoms with Gasteiger partial charge in [-0.25, -0.2) is 13.9 Å². The van der Waals surface area contributed by atoms with Crippen LogP contribution in [0.15, 0.2) is 42.7 Å². The number of amides is 1. The number of aromatic nitrogens is 4. The lowest BCUT2D eigenvalue weighted by Gasteiger charge is -2.30. The number of nitrogens with zero attached hydrogens (tertiary/aromatic N) is 7. The fraction of sp³-hybridized carbons (Fsp3) is 0.286. The Bertz CT molecular complexity index is 1740. The number of methoxy groups -OCH3 is 1. The number of benzene rings is 2. The summed E-state index contributed by atoms with van der Waals surface area (Å²) < 4.78 is 20.5. The lowest BCUT2D eigenvalue weighted by molar-refractivity contribution is -0.138. The van der Waals surface area contributed by atoms with Gasteiger partial charge in [0, 0.05) is 36.0 Å². The Kier molecular flexibility index (Phi) is 8.91. The summed E-state index contributed by atoms with van der Waals surface area (Å²) >= 11 is 12.6. The van der Waals surface area contributed by atoms with Crippen molar-refractivity contribution in [3.8, 4) is 6.07 Å². The quantitative estimate of drug-likeness (QED) is 0.261. The van der Waals surface area contributed by atoms with Gasteiger partial charge >= 0.3 is 12.1 Å². The van der Waals surface area contributed by atoms with Gasteiger partial charge in [0.25, 0.3) is 0 Å². The maximum atomic E-state index is 13.8. The van der Waals surface area contributed by atoms with Crippen molar-refractivity contribution in [2.75, 3.05) is 37.0 Å². The van der Waals surface area contributed by atoms with Gasteiger partial charge in [-0.1, -0.05) is 28.4 Å². The van der Waals surface area contributed by atoms with Gasteiger partial charge in [-0.05, 0) is 43.2 Å². The van der Waals surface area contributed by atoms with Crippen LogP contribution in [0, 0.1) is 17.1 Å². The zero-order chi connectivity index (χ0) is 30.7. The van der Waals surface area contributed by atoms with E-state index in [-0.39, 0.29) is 34.7 Å². The summed E-state index contributed by atoms with van der Waals surface area (Å²) in [6, 6.07) is 9.38. The molecule has 0 radical (unpaired) electrons. The average Bonchev–Trinajstić information content (AvgIpc) is 3.46. The van der Waals surface area contributed by atoms with E-state index in [1.54, 1.807) is 23.0 Å². The molecule has 2 N–H and O–H groups in total. The molecule has 12 nitrogen and oxygen atoms in total. The van der Waals surface area contributed by atoms with E-state index in [1.165, 1.54) is 36.4 Å². The normalized spacial score (nSPS) is 13.9. The Hall–Kier alpha value is -4.51. The highest BCUT2D eigenvalue weighted by atomic mass is 35.5. The van der Waals surface area contributed by atoms with E-state index in [4.69, 9.17) is 33.0 Å². The Morgan fingerprint density at radius 3 is 2.67 bits per heavy atom. The van der Waals surface area contributed by atoms with Crippen LogP contribution in [-0.2, 0) is 16.1 Å². The van der Waals surface area contributed by atoms with Gasteiger partial charge in [-0.3, -0.25) is 19.6 Å². The van der Waals surface area contributed by atoms with Crippen LogP contribution < -0.4 is 10.2 Å². The lowest BCUT2D eigenvalue weighted by atomic mass is 10.1. The standard InChI is InChI=1S/C28H25Cl2FN8O4/c1-43-28(42)38(13-18-14-39(36-35-18)19-4-6-37(7-5-19)15-25(40)41)20-9-21-26(34-17-2-3-24(31)22(29)8-17)16(11-32)12-33-27(21)23(30)10-20/h2-3,8-10,12,14,19H,4-7,13,15H2,1H3,(H,33,34)(H,40,41). The smallest absolute Gasteiger partial charge is 0.414 e. The molecule has 0 unspecified atom stereocenters. The van der Waals surface area contributed by atoms with Gasteiger partial charge < -0.3 is 15.2 Å². The number of nitriles is 1. The number of fused-ring (bicyclic) bond motifs is 1. The third-order valence-corrected chi connectivity index (χ3v) is 7.67. The van der Waals surface area contributed by atoms with Crippen molar-refractivity contribution in [3.05, 3.63) is 69.8 Å². The number of hydrogen-bond acceptors (Lipinski definition) is 9. The van der Waals surface area contributed by atoms with Crippen LogP contribution in [0.2, 0.25) is 10.0 Å². The fourth-order valence-electron chi connectivity index (χ4n) is 4.97. The molecule has 1 aliphatic rings. The second kappa shape index (κ2) is 12.8. The number of aliphatic carboxylic acids is 1. The number of halogens is 3. The van der Waals surface area contributed by atoms with E-state index in [0.717, 1.165) is 0 Å². The molecule has 0 aliphatic carbocycles. The maximum absolute atomic E-state index is 13.8. The predicted octanol–water partition coefficient (Wildman–Crippen LogP) is 5.38. The number of pyridine rings is 1. The van der Waals surface area contributed by atoms with Crippen molar-refractivity contribution in [1.29, 1.82) is 5.26 Å². The number of ether oxygens (including phenoxy) is 1. The van der Waals surface area contributed by atoms with Gasteiger partial charge in [-0.15, -0.1) is 5.10 Å². The average molecular weight is 627 g/mol. The summed E-state index contributed by atoms with van der Waals surface area (Å²) in [7, 11) is 1.25. The number of carboxylic acids is 1. The molecular weight excluding hydrogens is 602 g/mol. The summed E-state index contributed by atoms with van der Waals surface area (Å²) in [6.45, 7) is 1.23. The second-order valence-corrected chi connectivity index (χ2v) is 10.7. The third kappa shape index (κ3) is 6.61. The highest BCUT2D eigenvalue weighted by Gasteiger charge is 2.25. The number of rotatable bonds is 8. The minimum absolute atomic E-state index is 0.00199. The second-order valence-electron chi connectivity index (χ2n) is 9.88. The van der Waals surface area contributed by atoms with Gasteiger partial charge in [0.15, 0.2) is 0 Å². The monoisotopic (exact) mass is 626 g/mol. The number of carboxylic acid groups (broad SMARTS) is 1. The number of carbonyl (C=O) groups excluding carboxylic acids is 1. The molecule has 222 valence electrons. The van der Waals surface area contributed by atoms with E-state index in [9.17, 15) is 19.2 Å². The summed E-state index contributed by atoms with van der Waals surface area (Å²) in [5, 5.41) is 31.0. The van der Waals surface area contributed by atoms with Crippen LogP contribution in [0.1, 0.15) is 30.1 Å². The van der Waals surface area contributed by atoms with Gasteiger partial charge in [0.1, 0.15) is 17.6 Å². The number of piperidine rings is 1. The molecule has 0 spiro atoms. The number of carbonyl (C=O) groups is 2. The van der Waals surface area contributed by atoms with Crippen LogP contribution in [0.4, 0.5) is 26.2 Å². The number of likely N-dealkylation sites (tertiary alicyclic amines) is 1. The van der Waals surface area contributed by atoms with Gasteiger partial charge in [0.2, 0.25) is 0 Å². The van der Waals surface area contributed by atoms with Crippen molar-refractivity contribution in [2.24, 2.45) is 0 Å². The topological polar surface area (TPSA) is 150 Å². The third-order valence-electron chi connectivity index (χ3n) is 7.09. The summed E-state index contributed by atoms with van der Waals surface area (Å²) in [5.74, 6) is -1.45. The van der Waals surface area contributed by atoms with Crippen LogP contribution >= 0.6 is 23.2 Å². The van der Waals surface area contributed by atoms with Gasteiger partial charge in [-0.2, -0.15) is 5.26 Å². The summed E-state index contributed by atoms with van der Waals surface area (Å²) in [4.78, 5) is 31.5. The molecule has 3 heterocycles. The maximum Gasteiger partial charge on any atom is 0.414 e. The molecule has 15 heteroatoms. The zero-order valence-electron chi connectivity index (χ0n) is 22.8. The Morgan fingerprint density at radius 2 is 2.00 bits per heavy atom. The molecule has 43 heavy (non-hydrogen) atoms. The van der Waals surface area contributed by atoms with Crippen molar-refractivity contribution in [3.63, 3.8) is 0 Å². The van der Waals surface area contributed by atoms with Crippen molar-refractivity contribution >= 4 is 63.2 Å². The van der Waals surface area contributed by atoms with Gasteiger partial charge in [0.05, 0.1) is 59.3 Å². The Labute approximate surface area is 255 Å². The number of anilines is 3. The number of nitrogens with one attached hydrogen (secondary N) is 1. The molecule has 0 atom stereocenters. The first kappa shape index (κ1) is 30.0. The minimum Gasteiger partial charge on any atom is -0.480 e. The Balaban J connectivity index is 1.46. The lowest BCUT2D eigenvalue weighted by Crippen LogP contribution is -2.38. The molecular formula is C28H25Cl2FN8O4. The van der Waals surface area contributed by atoms with Crippen LogP contribution in [0.5, 0.6) is 0 Å². The highest BCUT2D eigenvalue weighted by Crippen LogP contribution is 2.37. The largest absolute Gasteiger partial charge is 0.480 e. The predicted molar refractivity (Wildman–Crippen MR) is 157 cm³/mol. The van der Waals surface area contributed by atoms with Crippen molar-refractivity contribution < 1.29 is 23.8 Å². The molecule has 2 aromatic heterocycles. The first-order valence-electron chi connectivity index (χ1n) is 13.1. The van der Waals surface area contributed by atoms with E-state index in [2.05, 4.69) is 26.7 Å². The van der Waals surface area contributed by atoms with E-state index >= 15 is 0 Å². The van der Waals surface area contributed by atoms with E-state index in [1.807, 2.05) is 4.90 Å². The highest BCUT2D eigenvalue weighted by molar-refractivity contribution is 6.36. The molecule has 1 fully saturated rings. The van der Waals surface area contributed by atoms with Crippen molar-refractivity contribution in [1.82, 2.24) is 24.9 Å². The minimum atomic E-state index is -0.861. The zero-order valence-corrected chi connectivity index (χ0v) is 24.3. The SMILES string of the molecule is COC(=O)N(Cc1cn(C2CCN(CC(=O)O)CC2)nn1)c1cc(Cl)c2ncc(C#N)c(Nc3ccc(F)c(Cl)c3)c2c1. The van der Waals surface area contributed by atoms with Crippen molar-refractivity contribution in [2.45, 2.75) is 25.4 Å². The molecule has 4 aromatic rings. The first-order valence-corrected chi connectivity index (χ1v) is 13.9. The Morgan fingerprint density at radius 1 is 1.23 bits per heavy atom. The summed E-state index contributed by atoms with van der Waals surface area (Å²) in [6.07, 6.45) is 3.84. The van der Waals surface area contributed by atoms with Crippen LogP contribution in [-0.4, -0.2) is 68.8 Å². The first-order chi connectivity index (χ1) is 20.7. The molecule has 1 aliphatic heterocycles. The van der Waals surface area contributed by atoms with Crippen LogP contribution in [0.3, 0.4) is 0 Å². The van der Waals surface area contributed by atoms with E-state index < -0.39 is 17.9 Å². The van der Waals surface area contributed by atoms with E-state index in [0.29, 0.717) is 59.6 Å². The molecule has 0 bridgehead atoms. The molecule has 5 rings (SSSR count). The van der Waals surface area contributed by atoms with Crippen LogP contribution in [0.25, 0.3) is 10.9 Å². The molecule has 1 amide bonds. The molecule has 2 aromatic carbocycles.